The standard InChI is InChI=1S/C17H22N2O7S/c1-5-11(2)18-14(17(22)26-4)13(16(21)25-3)15(20)19-27(23,24)12-9-7-6-8-10-12/h6-11,18H,5H2,1-4H3,(H,19,20)/b14-13-. The lowest BCUT2D eigenvalue weighted by Gasteiger charge is -2.18. The SMILES string of the molecule is CCC(C)N/C(C(=O)OC)=C(/C(=O)NS(=O)(=O)c1ccccc1)C(=O)OC. The Balaban J connectivity index is 3.41. The monoisotopic (exact) mass is 398 g/mol. The van der Waals surface area contributed by atoms with Crippen molar-refractivity contribution in [3.05, 3.63) is 41.6 Å². The van der Waals surface area contributed by atoms with E-state index in [-0.39, 0.29) is 10.9 Å². The van der Waals surface area contributed by atoms with Crippen LogP contribution in [-0.2, 0) is 33.9 Å². The molecule has 0 aromatic heterocycles. The summed E-state index contributed by atoms with van der Waals surface area (Å²) in [5, 5.41) is 2.69. The zero-order valence-electron chi connectivity index (χ0n) is 15.4. The molecule has 10 heteroatoms. The van der Waals surface area contributed by atoms with Gasteiger partial charge in [-0.2, -0.15) is 0 Å². The van der Waals surface area contributed by atoms with Gasteiger partial charge in [0, 0.05) is 6.04 Å². The van der Waals surface area contributed by atoms with Gasteiger partial charge >= 0.3 is 11.9 Å². The number of nitrogens with one attached hydrogen (secondary N) is 2. The van der Waals surface area contributed by atoms with Crippen LogP contribution in [0.5, 0.6) is 0 Å². The number of carbonyl (C=O) groups excluding carboxylic acids is 3. The minimum atomic E-state index is -4.27. The average molecular weight is 398 g/mol. The van der Waals surface area contributed by atoms with E-state index < -0.39 is 39.1 Å². The maximum absolute atomic E-state index is 12.6. The van der Waals surface area contributed by atoms with Crippen molar-refractivity contribution in [1.82, 2.24) is 10.0 Å². The first-order chi connectivity index (χ1) is 12.7. The quantitative estimate of drug-likeness (QED) is 0.280. The Bertz CT molecular complexity index is 832. The van der Waals surface area contributed by atoms with Crippen LogP contribution in [0.1, 0.15) is 20.3 Å². The van der Waals surface area contributed by atoms with E-state index in [0.29, 0.717) is 6.42 Å². The number of hydrogen-bond acceptors (Lipinski definition) is 8. The smallest absolute Gasteiger partial charge is 0.355 e. The van der Waals surface area contributed by atoms with Crippen molar-refractivity contribution >= 4 is 27.9 Å². The van der Waals surface area contributed by atoms with Crippen molar-refractivity contribution in [1.29, 1.82) is 0 Å². The molecule has 0 aliphatic heterocycles. The molecule has 1 amide bonds. The molecule has 27 heavy (non-hydrogen) atoms. The highest BCUT2D eigenvalue weighted by molar-refractivity contribution is 7.90. The van der Waals surface area contributed by atoms with E-state index in [9.17, 15) is 22.8 Å². The maximum Gasteiger partial charge on any atom is 0.355 e. The fourth-order valence-corrected chi connectivity index (χ4v) is 2.91. The van der Waals surface area contributed by atoms with Gasteiger partial charge < -0.3 is 14.8 Å². The highest BCUT2D eigenvalue weighted by Crippen LogP contribution is 2.12. The van der Waals surface area contributed by atoms with Gasteiger partial charge in [0.05, 0.1) is 19.1 Å². The molecule has 0 spiro atoms. The topological polar surface area (TPSA) is 128 Å². The first kappa shape index (κ1) is 22.2. The number of amides is 1. The molecule has 1 aromatic rings. The third-order valence-corrected chi connectivity index (χ3v) is 4.89. The number of rotatable bonds is 8. The molecule has 0 saturated carbocycles. The Kier molecular flexibility index (Phi) is 7.98. The lowest BCUT2D eigenvalue weighted by molar-refractivity contribution is -0.141. The van der Waals surface area contributed by atoms with Crippen LogP contribution in [0.3, 0.4) is 0 Å². The second kappa shape index (κ2) is 9.72. The number of carbonyl (C=O) groups is 3. The number of methoxy groups -OCH3 is 2. The molecule has 0 fully saturated rings. The molecule has 0 aliphatic carbocycles. The Morgan fingerprint density at radius 3 is 2.07 bits per heavy atom. The van der Waals surface area contributed by atoms with E-state index in [1.807, 2.05) is 6.92 Å². The van der Waals surface area contributed by atoms with Gasteiger partial charge in [-0.25, -0.2) is 22.7 Å². The summed E-state index contributed by atoms with van der Waals surface area (Å²) in [6, 6.07) is 6.79. The lowest BCUT2D eigenvalue weighted by Crippen LogP contribution is -2.40. The molecule has 0 radical (unpaired) electrons. The Labute approximate surface area is 157 Å². The summed E-state index contributed by atoms with van der Waals surface area (Å²) in [5.41, 5.74) is -1.29. The number of sulfonamides is 1. The van der Waals surface area contributed by atoms with Gasteiger partial charge in [0.15, 0.2) is 5.57 Å². The minimum Gasteiger partial charge on any atom is -0.465 e. The van der Waals surface area contributed by atoms with Crippen molar-refractivity contribution in [2.24, 2.45) is 0 Å². The van der Waals surface area contributed by atoms with Crippen LogP contribution < -0.4 is 10.0 Å². The zero-order valence-corrected chi connectivity index (χ0v) is 16.3. The Hall–Kier alpha value is -2.88. The first-order valence-electron chi connectivity index (χ1n) is 7.97. The highest BCUT2D eigenvalue weighted by Gasteiger charge is 2.32. The minimum absolute atomic E-state index is 0.183. The summed E-state index contributed by atoms with van der Waals surface area (Å²) in [5.74, 6) is -3.52. The number of ether oxygens (including phenoxy) is 2. The van der Waals surface area contributed by atoms with E-state index in [1.54, 1.807) is 17.7 Å². The third-order valence-electron chi connectivity index (χ3n) is 3.54. The predicted octanol–water partition coefficient (Wildman–Crippen LogP) is 0.480. The van der Waals surface area contributed by atoms with Gasteiger partial charge in [-0.1, -0.05) is 25.1 Å². The van der Waals surface area contributed by atoms with Crippen LogP contribution in [0.2, 0.25) is 0 Å². The largest absolute Gasteiger partial charge is 0.465 e. The second-order valence-electron chi connectivity index (χ2n) is 5.43. The van der Waals surface area contributed by atoms with E-state index in [2.05, 4.69) is 14.8 Å². The molecular formula is C17H22N2O7S. The van der Waals surface area contributed by atoms with Gasteiger partial charge in [0.2, 0.25) is 0 Å². The van der Waals surface area contributed by atoms with Crippen LogP contribution in [0.15, 0.2) is 46.5 Å². The van der Waals surface area contributed by atoms with Crippen LogP contribution in [-0.4, -0.2) is 46.5 Å². The first-order valence-corrected chi connectivity index (χ1v) is 9.45. The number of esters is 2. The Morgan fingerprint density at radius 1 is 1.04 bits per heavy atom. The molecule has 1 unspecified atom stereocenters. The molecule has 0 bridgehead atoms. The molecule has 0 aliphatic rings. The molecule has 2 N–H and O–H groups in total. The van der Waals surface area contributed by atoms with Crippen LogP contribution in [0, 0.1) is 0 Å². The highest BCUT2D eigenvalue weighted by atomic mass is 32.2. The van der Waals surface area contributed by atoms with Gasteiger partial charge in [-0.3, -0.25) is 4.79 Å². The fourth-order valence-electron chi connectivity index (χ4n) is 1.93. The lowest BCUT2D eigenvalue weighted by atomic mass is 10.1. The van der Waals surface area contributed by atoms with Gasteiger partial charge in [0.1, 0.15) is 5.70 Å². The molecule has 1 atom stereocenters. The summed E-state index contributed by atoms with van der Waals surface area (Å²) < 4.78 is 35.6. The summed E-state index contributed by atoms with van der Waals surface area (Å²) in [6.45, 7) is 3.51. The fraction of sp³-hybridized carbons (Fsp3) is 0.353. The van der Waals surface area contributed by atoms with E-state index in [4.69, 9.17) is 0 Å². The summed E-state index contributed by atoms with van der Waals surface area (Å²) in [7, 11) is -2.20. The Morgan fingerprint density at radius 2 is 1.59 bits per heavy atom. The van der Waals surface area contributed by atoms with Crippen LogP contribution >= 0.6 is 0 Å². The molecule has 9 nitrogen and oxygen atoms in total. The number of hydrogen-bond donors (Lipinski definition) is 2. The normalized spacial score (nSPS) is 13.0. The van der Waals surface area contributed by atoms with Crippen LogP contribution in [0.4, 0.5) is 0 Å². The third kappa shape index (κ3) is 5.81. The second-order valence-corrected chi connectivity index (χ2v) is 7.12. The maximum atomic E-state index is 12.6. The molecular weight excluding hydrogens is 376 g/mol. The van der Waals surface area contributed by atoms with Gasteiger partial charge in [-0.15, -0.1) is 0 Å². The summed E-state index contributed by atoms with van der Waals surface area (Å²) >= 11 is 0. The zero-order chi connectivity index (χ0) is 20.6. The molecule has 1 aromatic carbocycles. The van der Waals surface area contributed by atoms with Crippen molar-refractivity contribution in [2.75, 3.05) is 14.2 Å². The van der Waals surface area contributed by atoms with Gasteiger partial charge in [0.25, 0.3) is 15.9 Å². The summed E-state index contributed by atoms with van der Waals surface area (Å²) in [4.78, 5) is 36.6. The predicted molar refractivity (Wildman–Crippen MR) is 95.7 cm³/mol. The molecule has 1 rings (SSSR count). The van der Waals surface area contributed by atoms with Crippen LogP contribution in [0.25, 0.3) is 0 Å². The average Bonchev–Trinajstić information content (AvgIpc) is 2.66. The number of benzene rings is 1. The van der Waals surface area contributed by atoms with E-state index >= 15 is 0 Å². The van der Waals surface area contributed by atoms with E-state index in [0.717, 1.165) is 14.2 Å². The molecule has 0 heterocycles. The van der Waals surface area contributed by atoms with E-state index in [1.165, 1.54) is 24.3 Å². The van der Waals surface area contributed by atoms with Crippen molar-refractivity contribution < 1.29 is 32.3 Å². The summed E-state index contributed by atoms with van der Waals surface area (Å²) in [6.07, 6.45) is 0.554. The molecule has 148 valence electrons. The molecule has 0 saturated heterocycles. The van der Waals surface area contributed by atoms with Gasteiger partial charge in [-0.05, 0) is 25.5 Å². The van der Waals surface area contributed by atoms with Crippen molar-refractivity contribution in [3.8, 4) is 0 Å². The van der Waals surface area contributed by atoms with Crippen molar-refractivity contribution in [3.63, 3.8) is 0 Å². The van der Waals surface area contributed by atoms with Crippen molar-refractivity contribution in [2.45, 2.75) is 31.2 Å².